The minimum atomic E-state index is -0.602. The molecule has 0 spiro atoms. The Labute approximate surface area is 176 Å². The van der Waals surface area contributed by atoms with Gasteiger partial charge in [0.2, 0.25) is 0 Å². The molecule has 0 atom stereocenters. The summed E-state index contributed by atoms with van der Waals surface area (Å²) in [6, 6.07) is 9.47. The highest BCUT2D eigenvalue weighted by Gasteiger charge is 2.21. The molecule has 0 heterocycles. The molecule has 0 fully saturated rings. The molecule has 160 valence electrons. The first-order valence-electron chi connectivity index (χ1n) is 9.26. The fourth-order valence-corrected chi connectivity index (χ4v) is 3.05. The molecule has 29 heavy (non-hydrogen) atoms. The summed E-state index contributed by atoms with van der Waals surface area (Å²) < 4.78 is 18.7. The van der Waals surface area contributed by atoms with E-state index in [0.717, 1.165) is 11.6 Å². The summed E-state index contributed by atoms with van der Waals surface area (Å²) in [5.74, 6) is 0.116. The lowest BCUT2D eigenvalue weighted by Crippen LogP contribution is -2.13. The molecule has 0 bridgehead atoms. The summed E-state index contributed by atoms with van der Waals surface area (Å²) in [4.78, 5) is 9.75. The molecular formula is C22H29ClFNO4. The number of hydrogen-bond acceptors (Lipinski definition) is 4. The van der Waals surface area contributed by atoms with E-state index in [0.29, 0.717) is 16.3 Å². The van der Waals surface area contributed by atoms with Gasteiger partial charge in [0, 0.05) is 6.07 Å². The van der Waals surface area contributed by atoms with Gasteiger partial charge in [-0.3, -0.25) is 10.1 Å². The van der Waals surface area contributed by atoms with Crippen molar-refractivity contribution in [3.8, 4) is 5.75 Å². The molecule has 7 heteroatoms. The number of rotatable bonds is 4. The Morgan fingerprint density at radius 2 is 1.66 bits per heavy atom. The molecule has 2 aromatic carbocycles. The molecule has 0 saturated carbocycles. The van der Waals surface area contributed by atoms with Gasteiger partial charge < -0.3 is 9.84 Å². The summed E-state index contributed by atoms with van der Waals surface area (Å²) in [7, 11) is 0. The van der Waals surface area contributed by atoms with Crippen molar-refractivity contribution < 1.29 is 19.2 Å². The molecular weight excluding hydrogens is 397 g/mol. The molecule has 2 rings (SSSR count). The number of nitrogens with zero attached hydrogens (tertiary/aromatic N) is 1. The van der Waals surface area contributed by atoms with Crippen LogP contribution in [0, 0.1) is 15.9 Å². The number of hydrogen-bond donors (Lipinski definition) is 1. The molecule has 2 aromatic rings. The number of nitro groups is 1. The predicted molar refractivity (Wildman–Crippen MR) is 114 cm³/mol. The van der Waals surface area contributed by atoms with Gasteiger partial charge in [-0.1, -0.05) is 65.3 Å². The molecule has 0 amide bonds. The minimum Gasteiger partial charge on any atom is -0.490 e. The van der Waals surface area contributed by atoms with E-state index in [-0.39, 0.29) is 29.7 Å². The lowest BCUT2D eigenvalue weighted by molar-refractivity contribution is -0.385. The Morgan fingerprint density at radius 1 is 1.07 bits per heavy atom. The van der Waals surface area contributed by atoms with E-state index in [1.54, 1.807) is 0 Å². The highest BCUT2D eigenvalue weighted by molar-refractivity contribution is 6.33. The van der Waals surface area contributed by atoms with Crippen LogP contribution in [0.3, 0.4) is 0 Å². The van der Waals surface area contributed by atoms with Gasteiger partial charge in [0.1, 0.15) is 18.2 Å². The maximum atomic E-state index is 13.4. The van der Waals surface area contributed by atoms with Crippen LogP contribution >= 0.6 is 11.6 Å². The third-order valence-electron chi connectivity index (χ3n) is 4.09. The zero-order valence-electron chi connectivity index (χ0n) is 17.8. The number of aliphatic hydroxyl groups is 1. The van der Waals surface area contributed by atoms with Crippen molar-refractivity contribution >= 4 is 17.3 Å². The third kappa shape index (κ3) is 7.29. The first-order chi connectivity index (χ1) is 13.3. The van der Waals surface area contributed by atoms with E-state index in [4.69, 9.17) is 21.4 Å². The molecule has 0 aliphatic rings. The zero-order valence-corrected chi connectivity index (χ0v) is 18.5. The SMILES string of the molecule is CC(C)(C)c1ccc([N+](=O)[O-])cc1F.CC(C)(C)c1cccc(OCCO)c1Cl. The van der Waals surface area contributed by atoms with E-state index < -0.39 is 10.7 Å². The van der Waals surface area contributed by atoms with Gasteiger partial charge in [-0.2, -0.15) is 0 Å². The second-order valence-corrected chi connectivity index (χ2v) is 8.99. The Balaban J connectivity index is 0.000000291. The van der Waals surface area contributed by atoms with Crippen LogP contribution in [0.2, 0.25) is 5.02 Å². The van der Waals surface area contributed by atoms with Crippen LogP contribution in [0.25, 0.3) is 0 Å². The minimum absolute atomic E-state index is 0.00389. The number of non-ortho nitro benzene ring substituents is 1. The monoisotopic (exact) mass is 425 g/mol. The van der Waals surface area contributed by atoms with Gasteiger partial charge in [0.05, 0.1) is 22.6 Å². The Kier molecular flexibility index (Phi) is 8.60. The van der Waals surface area contributed by atoms with Crippen molar-refractivity contribution in [3.05, 3.63) is 68.5 Å². The van der Waals surface area contributed by atoms with Crippen molar-refractivity contribution in [1.82, 2.24) is 0 Å². The van der Waals surface area contributed by atoms with Gasteiger partial charge in [-0.15, -0.1) is 0 Å². The van der Waals surface area contributed by atoms with E-state index in [1.807, 2.05) is 39.0 Å². The van der Waals surface area contributed by atoms with Gasteiger partial charge in [-0.05, 0) is 34.1 Å². The van der Waals surface area contributed by atoms with E-state index in [1.165, 1.54) is 12.1 Å². The lowest BCUT2D eigenvalue weighted by Gasteiger charge is -2.21. The average Bonchev–Trinajstić information content (AvgIpc) is 2.59. The second-order valence-electron chi connectivity index (χ2n) is 8.61. The topological polar surface area (TPSA) is 72.6 Å². The number of ether oxygens (including phenoxy) is 1. The zero-order chi connectivity index (χ0) is 22.4. The van der Waals surface area contributed by atoms with E-state index in [2.05, 4.69) is 20.8 Å². The Hall–Kier alpha value is -2.18. The first kappa shape index (κ1) is 24.9. The van der Waals surface area contributed by atoms with Crippen molar-refractivity contribution in [2.45, 2.75) is 52.4 Å². The number of aliphatic hydroxyl groups excluding tert-OH is 1. The molecule has 5 nitrogen and oxygen atoms in total. The van der Waals surface area contributed by atoms with Crippen LogP contribution in [-0.2, 0) is 10.8 Å². The predicted octanol–water partition coefficient (Wildman–Crippen LogP) is 6.04. The summed E-state index contributed by atoms with van der Waals surface area (Å²) in [6.07, 6.45) is 0. The standard InChI is InChI=1S/C12H17ClO2.C10H12FNO2/c1-12(2,3)9-5-4-6-10(11(9)13)15-8-7-14;1-10(2,3)8-5-4-7(12(13)14)6-9(8)11/h4-6,14H,7-8H2,1-3H3;4-6H,1-3H3. The van der Waals surface area contributed by atoms with Crippen molar-refractivity contribution in [2.75, 3.05) is 13.2 Å². The third-order valence-corrected chi connectivity index (χ3v) is 4.48. The van der Waals surface area contributed by atoms with Crippen LogP contribution in [-0.4, -0.2) is 23.2 Å². The summed E-state index contributed by atoms with van der Waals surface area (Å²) in [6.45, 7) is 12.1. The number of halogens is 2. The molecule has 1 N–H and O–H groups in total. The lowest BCUT2D eigenvalue weighted by atomic mass is 9.86. The van der Waals surface area contributed by atoms with Crippen LogP contribution in [0.15, 0.2) is 36.4 Å². The normalized spacial score (nSPS) is 11.5. The van der Waals surface area contributed by atoms with Gasteiger partial charge >= 0.3 is 0 Å². The van der Waals surface area contributed by atoms with Crippen molar-refractivity contribution in [1.29, 1.82) is 0 Å². The van der Waals surface area contributed by atoms with Crippen LogP contribution in [0.1, 0.15) is 52.7 Å². The second kappa shape index (κ2) is 10.0. The maximum Gasteiger partial charge on any atom is 0.272 e. The molecule has 0 aliphatic heterocycles. The van der Waals surface area contributed by atoms with Gasteiger partial charge in [-0.25, -0.2) is 4.39 Å². The van der Waals surface area contributed by atoms with E-state index in [9.17, 15) is 14.5 Å². The highest BCUT2D eigenvalue weighted by Crippen LogP contribution is 2.35. The van der Waals surface area contributed by atoms with Gasteiger partial charge in [0.15, 0.2) is 0 Å². The molecule has 0 unspecified atom stereocenters. The average molecular weight is 426 g/mol. The Morgan fingerprint density at radius 3 is 2.10 bits per heavy atom. The van der Waals surface area contributed by atoms with Crippen LogP contribution < -0.4 is 4.74 Å². The molecule has 0 radical (unpaired) electrons. The van der Waals surface area contributed by atoms with E-state index >= 15 is 0 Å². The fraction of sp³-hybridized carbons (Fsp3) is 0.455. The highest BCUT2D eigenvalue weighted by atomic mass is 35.5. The largest absolute Gasteiger partial charge is 0.490 e. The summed E-state index contributed by atoms with van der Waals surface area (Å²) in [5, 5.41) is 19.7. The quantitative estimate of drug-likeness (QED) is 0.478. The van der Waals surface area contributed by atoms with Crippen LogP contribution in [0.4, 0.5) is 10.1 Å². The van der Waals surface area contributed by atoms with Gasteiger partial charge in [0.25, 0.3) is 5.69 Å². The fourth-order valence-electron chi connectivity index (χ4n) is 2.58. The number of benzene rings is 2. The summed E-state index contributed by atoms with van der Waals surface area (Å²) >= 11 is 6.22. The van der Waals surface area contributed by atoms with Crippen molar-refractivity contribution in [2.24, 2.45) is 0 Å². The summed E-state index contributed by atoms with van der Waals surface area (Å²) in [5.41, 5.74) is 0.993. The smallest absolute Gasteiger partial charge is 0.272 e. The molecule has 0 aromatic heterocycles. The molecule has 0 aliphatic carbocycles. The first-order valence-corrected chi connectivity index (χ1v) is 9.64. The van der Waals surface area contributed by atoms with Crippen LogP contribution in [0.5, 0.6) is 5.75 Å². The maximum absolute atomic E-state index is 13.4. The van der Waals surface area contributed by atoms with Crippen molar-refractivity contribution in [3.63, 3.8) is 0 Å². The number of nitro benzene ring substituents is 1. The molecule has 0 saturated heterocycles. The Bertz CT molecular complexity index is 842.